The van der Waals surface area contributed by atoms with Crippen molar-refractivity contribution in [2.45, 2.75) is 19.8 Å². The van der Waals surface area contributed by atoms with E-state index in [-0.39, 0.29) is 61.9 Å². The molecule has 0 aliphatic carbocycles. The highest BCUT2D eigenvalue weighted by Gasteiger charge is 2.23. The standard InChI is InChI=1S/C32H30N4O8/c1-18-13-22-20-7-6-19-14-25-26(43-17-42-25)15-21(19)30(20)35(3)31(40)23(22)16-24(18)44-32(41)34(2)12-10-33-27(37)5-4-11-36-28(38)8-9-29(36)39/h6-9,13-16H,4-5,10-12,17H2,1-3H3,(H,33,37). The van der Waals surface area contributed by atoms with Gasteiger partial charge in [0.1, 0.15) is 5.75 Å². The Morgan fingerprint density at radius 1 is 0.955 bits per heavy atom. The molecule has 6 rings (SSSR count). The zero-order valence-corrected chi connectivity index (χ0v) is 24.5. The average Bonchev–Trinajstić information content (AvgIpc) is 3.59. The third-order valence-electron chi connectivity index (χ3n) is 7.92. The minimum atomic E-state index is -0.639. The molecule has 0 atom stereocenters. The molecule has 0 radical (unpaired) electrons. The number of aryl methyl sites for hydroxylation is 2. The Morgan fingerprint density at radius 2 is 1.68 bits per heavy atom. The summed E-state index contributed by atoms with van der Waals surface area (Å²) < 4.78 is 18.3. The van der Waals surface area contributed by atoms with Crippen LogP contribution in [0.3, 0.4) is 0 Å². The largest absolute Gasteiger partial charge is 0.454 e. The summed E-state index contributed by atoms with van der Waals surface area (Å²) in [5.74, 6) is 0.540. The Labute approximate surface area is 251 Å². The number of rotatable bonds is 8. The van der Waals surface area contributed by atoms with Crippen LogP contribution in [0.15, 0.2) is 53.3 Å². The molecule has 226 valence electrons. The van der Waals surface area contributed by atoms with E-state index in [4.69, 9.17) is 14.2 Å². The van der Waals surface area contributed by atoms with Gasteiger partial charge in [0.05, 0.1) is 10.9 Å². The smallest absolute Gasteiger partial charge is 0.415 e. The zero-order valence-electron chi connectivity index (χ0n) is 24.5. The molecule has 2 aliphatic heterocycles. The molecule has 3 aromatic carbocycles. The number of ether oxygens (including phenoxy) is 3. The van der Waals surface area contributed by atoms with Crippen molar-refractivity contribution in [2.75, 3.05) is 33.5 Å². The van der Waals surface area contributed by atoms with E-state index >= 15 is 0 Å². The second kappa shape index (κ2) is 11.4. The van der Waals surface area contributed by atoms with Gasteiger partial charge in [-0.25, -0.2) is 4.79 Å². The molecular weight excluding hydrogens is 568 g/mol. The maximum Gasteiger partial charge on any atom is 0.415 e. The number of nitrogens with zero attached hydrogens (tertiary/aromatic N) is 3. The van der Waals surface area contributed by atoms with Crippen molar-refractivity contribution in [1.29, 1.82) is 0 Å². The fourth-order valence-electron chi connectivity index (χ4n) is 5.52. The number of likely N-dealkylation sites (N-methyl/N-ethyl adjacent to an activating group) is 1. The average molecular weight is 599 g/mol. The topological polar surface area (TPSA) is 136 Å². The van der Waals surface area contributed by atoms with Gasteiger partial charge in [-0.2, -0.15) is 0 Å². The molecule has 3 heterocycles. The molecule has 12 nitrogen and oxygen atoms in total. The van der Waals surface area contributed by atoms with Gasteiger partial charge in [-0.05, 0) is 53.9 Å². The van der Waals surface area contributed by atoms with E-state index in [1.54, 1.807) is 24.7 Å². The van der Waals surface area contributed by atoms with E-state index in [2.05, 4.69) is 5.32 Å². The van der Waals surface area contributed by atoms with Crippen LogP contribution in [-0.2, 0) is 21.4 Å². The lowest BCUT2D eigenvalue weighted by Gasteiger charge is -2.19. The summed E-state index contributed by atoms with van der Waals surface area (Å²) in [6.07, 6.45) is 2.24. The minimum absolute atomic E-state index is 0.130. The van der Waals surface area contributed by atoms with Crippen molar-refractivity contribution < 1.29 is 33.4 Å². The van der Waals surface area contributed by atoms with Crippen LogP contribution in [-0.4, -0.2) is 71.7 Å². The lowest BCUT2D eigenvalue weighted by Crippen LogP contribution is -2.38. The van der Waals surface area contributed by atoms with Crippen LogP contribution in [0.4, 0.5) is 4.79 Å². The van der Waals surface area contributed by atoms with E-state index in [1.807, 2.05) is 37.3 Å². The Balaban J connectivity index is 1.13. The summed E-state index contributed by atoms with van der Waals surface area (Å²) in [5.41, 5.74) is 1.21. The molecule has 0 unspecified atom stereocenters. The quantitative estimate of drug-likeness (QED) is 0.241. The van der Waals surface area contributed by atoms with E-state index in [1.165, 1.54) is 17.1 Å². The second-order valence-electron chi connectivity index (χ2n) is 10.8. The first-order valence-corrected chi connectivity index (χ1v) is 14.1. The lowest BCUT2D eigenvalue weighted by molar-refractivity contribution is -0.137. The van der Waals surface area contributed by atoms with Gasteiger partial charge in [0.25, 0.3) is 17.4 Å². The van der Waals surface area contributed by atoms with Gasteiger partial charge in [0.2, 0.25) is 12.7 Å². The number of hydrogen-bond acceptors (Lipinski definition) is 8. The Bertz CT molecular complexity index is 1960. The molecule has 0 bridgehead atoms. The summed E-state index contributed by atoms with van der Waals surface area (Å²) in [5, 5.41) is 6.54. The van der Waals surface area contributed by atoms with E-state index in [0.717, 1.165) is 32.0 Å². The van der Waals surface area contributed by atoms with E-state index < -0.39 is 6.09 Å². The number of pyridine rings is 1. The molecule has 4 amide bonds. The van der Waals surface area contributed by atoms with Gasteiger partial charge < -0.3 is 29.0 Å². The summed E-state index contributed by atoms with van der Waals surface area (Å²) in [6, 6.07) is 11.2. The number of nitrogens with one attached hydrogen (secondary N) is 1. The zero-order chi connectivity index (χ0) is 31.1. The second-order valence-corrected chi connectivity index (χ2v) is 10.8. The minimum Gasteiger partial charge on any atom is -0.454 e. The third kappa shape index (κ3) is 5.19. The van der Waals surface area contributed by atoms with Crippen LogP contribution in [0.5, 0.6) is 17.2 Å². The van der Waals surface area contributed by atoms with Crippen LogP contribution in [0.25, 0.3) is 32.4 Å². The molecular formula is C32H30N4O8. The number of aromatic nitrogens is 1. The number of fused-ring (bicyclic) bond motifs is 6. The molecule has 0 spiro atoms. The first kappa shape index (κ1) is 28.7. The molecule has 1 N–H and O–H groups in total. The third-order valence-corrected chi connectivity index (χ3v) is 7.92. The molecule has 12 heteroatoms. The van der Waals surface area contributed by atoms with Gasteiger partial charge in [-0.15, -0.1) is 0 Å². The van der Waals surface area contributed by atoms with Crippen molar-refractivity contribution >= 4 is 56.3 Å². The van der Waals surface area contributed by atoms with Gasteiger partial charge in [0, 0.05) is 63.1 Å². The highest BCUT2D eigenvalue weighted by atomic mass is 16.7. The SMILES string of the molecule is Cc1cc2c(cc1OC(=O)N(C)CCNC(=O)CCCN1C(=O)C=CC1=O)c(=O)n(C)c1c3cc4c(cc3ccc21)OCO4. The fraction of sp³-hybridized carbons (Fsp3) is 0.281. The lowest BCUT2D eigenvalue weighted by atomic mass is 9.99. The molecule has 2 aliphatic rings. The normalized spacial score (nSPS) is 13.8. The van der Waals surface area contributed by atoms with Crippen LogP contribution >= 0.6 is 0 Å². The summed E-state index contributed by atoms with van der Waals surface area (Å²) in [7, 11) is 3.26. The van der Waals surface area contributed by atoms with Gasteiger partial charge in [-0.3, -0.25) is 24.1 Å². The monoisotopic (exact) mass is 598 g/mol. The molecule has 0 saturated carbocycles. The Morgan fingerprint density at radius 3 is 2.43 bits per heavy atom. The maximum absolute atomic E-state index is 13.6. The first-order valence-electron chi connectivity index (χ1n) is 14.1. The van der Waals surface area contributed by atoms with Gasteiger partial charge in [-0.1, -0.05) is 12.1 Å². The van der Waals surface area contributed by atoms with Crippen LogP contribution in [0.1, 0.15) is 18.4 Å². The Kier molecular flexibility index (Phi) is 7.41. The predicted molar refractivity (Wildman–Crippen MR) is 162 cm³/mol. The maximum atomic E-state index is 13.6. The van der Waals surface area contributed by atoms with Crippen molar-refractivity contribution in [3.8, 4) is 17.2 Å². The number of hydrogen-bond donors (Lipinski definition) is 1. The van der Waals surface area contributed by atoms with Crippen molar-refractivity contribution in [1.82, 2.24) is 19.7 Å². The van der Waals surface area contributed by atoms with E-state index in [0.29, 0.717) is 28.9 Å². The molecule has 44 heavy (non-hydrogen) atoms. The van der Waals surface area contributed by atoms with Crippen LogP contribution in [0.2, 0.25) is 0 Å². The van der Waals surface area contributed by atoms with Crippen molar-refractivity contribution in [2.24, 2.45) is 7.05 Å². The summed E-state index contributed by atoms with van der Waals surface area (Å²) in [4.78, 5) is 64.2. The summed E-state index contributed by atoms with van der Waals surface area (Å²) in [6.45, 7) is 2.50. The van der Waals surface area contributed by atoms with Gasteiger partial charge in [0.15, 0.2) is 11.5 Å². The molecule has 4 aromatic rings. The fourth-order valence-corrected chi connectivity index (χ4v) is 5.52. The van der Waals surface area contributed by atoms with Crippen LogP contribution in [0, 0.1) is 6.92 Å². The number of imide groups is 1. The molecule has 0 saturated heterocycles. The highest BCUT2D eigenvalue weighted by molar-refractivity contribution is 6.16. The van der Waals surface area contributed by atoms with Crippen LogP contribution < -0.4 is 25.1 Å². The van der Waals surface area contributed by atoms with E-state index in [9.17, 15) is 24.0 Å². The Hall–Kier alpha value is -5.39. The molecule has 1 aromatic heterocycles. The van der Waals surface area contributed by atoms with Crippen molar-refractivity contribution in [3.05, 3.63) is 64.5 Å². The number of carbonyl (C=O) groups excluding carboxylic acids is 4. The first-order chi connectivity index (χ1) is 21.1. The predicted octanol–water partition coefficient (Wildman–Crippen LogP) is 3.13. The van der Waals surface area contributed by atoms with Gasteiger partial charge >= 0.3 is 6.09 Å². The summed E-state index contributed by atoms with van der Waals surface area (Å²) >= 11 is 0. The number of carbonyl (C=O) groups is 4. The number of benzene rings is 3. The highest BCUT2D eigenvalue weighted by Crippen LogP contribution is 2.40. The molecule has 0 fully saturated rings. The number of amides is 4. The van der Waals surface area contributed by atoms with Crippen molar-refractivity contribution in [3.63, 3.8) is 0 Å².